The number of hydrogen-bond donors (Lipinski definition) is 0. The Kier molecular flexibility index (Phi) is 8.31. The van der Waals surface area contributed by atoms with Crippen LogP contribution in [-0.2, 0) is 26.1 Å². The predicted molar refractivity (Wildman–Crippen MR) is 180 cm³/mol. The van der Waals surface area contributed by atoms with Crippen LogP contribution in [0.25, 0.3) is 0 Å². The largest absolute Gasteiger partial charge is 0.377 e. The lowest BCUT2D eigenvalue weighted by Crippen LogP contribution is -2.45. The smallest absolute Gasteiger partial charge is 0.339 e. The van der Waals surface area contributed by atoms with Crippen LogP contribution in [0.15, 0.2) is 100 Å². The van der Waals surface area contributed by atoms with Gasteiger partial charge in [0.15, 0.2) is 17.3 Å². The van der Waals surface area contributed by atoms with Gasteiger partial charge in [-0.05, 0) is 72.4 Å². The van der Waals surface area contributed by atoms with Crippen LogP contribution in [-0.4, -0.2) is 31.4 Å². The van der Waals surface area contributed by atoms with Gasteiger partial charge in [0.05, 0.1) is 5.02 Å². The first-order valence-corrected chi connectivity index (χ1v) is 17.6. The molecular weight excluding hydrogens is 618 g/mol. The van der Waals surface area contributed by atoms with E-state index in [4.69, 9.17) is 15.8 Å². The molecule has 240 valence electrons. The maximum atomic E-state index is 14.1. The molecule has 0 radical (unpaired) electrons. The summed E-state index contributed by atoms with van der Waals surface area (Å²) in [6, 6.07) is 21.6. The molecule has 3 aromatic carbocycles. The minimum absolute atomic E-state index is 0.0121. The summed E-state index contributed by atoms with van der Waals surface area (Å²) in [5.74, 6) is -0.542. The van der Waals surface area contributed by atoms with Gasteiger partial charge in [0.1, 0.15) is 4.90 Å². The number of nitrogens with zero attached hydrogens (tertiary/aromatic N) is 1. The summed E-state index contributed by atoms with van der Waals surface area (Å²) in [6.07, 6.45) is 2.93. The zero-order valence-electron chi connectivity index (χ0n) is 27.0. The Bertz CT molecular complexity index is 1830. The molecule has 6 nitrogen and oxygen atoms in total. The number of carbonyl (C=O) groups excluding carboxylic acids is 2. The van der Waals surface area contributed by atoms with Gasteiger partial charge in [-0.3, -0.25) is 9.59 Å². The van der Waals surface area contributed by atoms with E-state index in [0.717, 1.165) is 23.4 Å². The fourth-order valence-corrected chi connectivity index (χ4v) is 8.39. The summed E-state index contributed by atoms with van der Waals surface area (Å²) in [4.78, 5) is 30.5. The Morgan fingerprint density at radius 2 is 1.37 bits per heavy atom. The van der Waals surface area contributed by atoms with Crippen molar-refractivity contribution in [2.45, 2.75) is 77.5 Å². The standard InChI is InChI=1S/C38H40ClNO5S/c1-24-11-14-27(15-12-24)46(43,44)45-33-16-13-26(19-28(33)39)34-35-29(20-37(2,3)22-31(35)41)40(18-17-25-9-7-6-8-10-25)30-21-38(4,5)23-32(42)36(30)34/h6-16,19,34H,17-18,20-23H2,1-5H3. The number of carbonyl (C=O) groups is 2. The van der Waals surface area contributed by atoms with E-state index in [1.165, 1.54) is 23.8 Å². The Morgan fingerprint density at radius 1 is 0.804 bits per heavy atom. The normalized spacial score (nSPS) is 19.7. The van der Waals surface area contributed by atoms with Crippen LogP contribution < -0.4 is 4.18 Å². The van der Waals surface area contributed by atoms with Crippen LogP contribution in [0.1, 0.15) is 76.0 Å². The number of benzene rings is 3. The van der Waals surface area contributed by atoms with Gasteiger partial charge in [0, 0.05) is 47.8 Å². The highest BCUT2D eigenvalue weighted by Gasteiger charge is 2.49. The second kappa shape index (κ2) is 11.8. The molecule has 0 saturated carbocycles. The summed E-state index contributed by atoms with van der Waals surface area (Å²) in [6.45, 7) is 11.0. The molecule has 0 fully saturated rings. The third-order valence-corrected chi connectivity index (χ3v) is 10.8. The van der Waals surface area contributed by atoms with Gasteiger partial charge in [0.2, 0.25) is 0 Å². The lowest BCUT2D eigenvalue weighted by atomic mass is 9.63. The van der Waals surface area contributed by atoms with Gasteiger partial charge in [-0.1, -0.05) is 93.4 Å². The number of hydrogen-bond acceptors (Lipinski definition) is 6. The summed E-state index contributed by atoms with van der Waals surface area (Å²) in [5.41, 5.74) is 5.57. The molecule has 0 amide bonds. The third-order valence-electron chi connectivity index (χ3n) is 9.29. The van der Waals surface area contributed by atoms with Crippen molar-refractivity contribution >= 4 is 33.3 Å². The average molecular weight is 658 g/mol. The third kappa shape index (κ3) is 6.32. The van der Waals surface area contributed by atoms with Crippen molar-refractivity contribution in [3.63, 3.8) is 0 Å². The van der Waals surface area contributed by atoms with E-state index in [2.05, 4.69) is 44.7 Å². The molecule has 1 heterocycles. The lowest BCUT2D eigenvalue weighted by molar-refractivity contribution is -0.119. The van der Waals surface area contributed by atoms with Gasteiger partial charge in [-0.2, -0.15) is 8.42 Å². The quantitative estimate of drug-likeness (QED) is 0.238. The van der Waals surface area contributed by atoms with Crippen LogP contribution in [0.5, 0.6) is 5.75 Å². The van der Waals surface area contributed by atoms with E-state index < -0.39 is 16.0 Å². The van der Waals surface area contributed by atoms with Gasteiger partial charge in [-0.15, -0.1) is 0 Å². The van der Waals surface area contributed by atoms with Crippen molar-refractivity contribution in [2.24, 2.45) is 10.8 Å². The molecule has 0 atom stereocenters. The number of ketones is 2. The Morgan fingerprint density at radius 3 is 1.91 bits per heavy atom. The van der Waals surface area contributed by atoms with Crippen LogP contribution in [0.3, 0.4) is 0 Å². The van der Waals surface area contributed by atoms with Crippen molar-refractivity contribution in [1.82, 2.24) is 4.90 Å². The molecule has 0 saturated heterocycles. The molecule has 6 rings (SSSR count). The highest BCUT2D eigenvalue weighted by molar-refractivity contribution is 7.87. The maximum absolute atomic E-state index is 14.1. The van der Waals surface area contributed by atoms with Crippen molar-refractivity contribution < 1.29 is 22.2 Å². The summed E-state index contributed by atoms with van der Waals surface area (Å²) >= 11 is 6.73. The average Bonchev–Trinajstić information content (AvgIpc) is 2.96. The number of halogens is 1. The van der Waals surface area contributed by atoms with Crippen LogP contribution in [0.4, 0.5) is 0 Å². The molecule has 0 aromatic heterocycles. The fraction of sp³-hybridized carbons (Fsp3) is 0.368. The minimum atomic E-state index is -4.13. The molecule has 0 N–H and O–H groups in total. The minimum Gasteiger partial charge on any atom is -0.377 e. The van der Waals surface area contributed by atoms with Crippen molar-refractivity contribution in [1.29, 1.82) is 0 Å². The highest BCUT2D eigenvalue weighted by Crippen LogP contribution is 2.54. The summed E-state index contributed by atoms with van der Waals surface area (Å²) in [7, 11) is -4.13. The van der Waals surface area contributed by atoms with E-state index in [-0.39, 0.29) is 38.1 Å². The Hall–Kier alpha value is -3.68. The highest BCUT2D eigenvalue weighted by atomic mass is 35.5. The number of rotatable bonds is 7. The maximum Gasteiger partial charge on any atom is 0.339 e. The van der Waals surface area contributed by atoms with Crippen molar-refractivity contribution in [3.8, 4) is 5.75 Å². The van der Waals surface area contributed by atoms with Gasteiger partial charge >= 0.3 is 10.1 Å². The zero-order chi connectivity index (χ0) is 33.0. The van der Waals surface area contributed by atoms with Crippen LogP contribution in [0, 0.1) is 17.8 Å². The second-order valence-electron chi connectivity index (χ2n) is 14.5. The van der Waals surface area contributed by atoms with Gasteiger partial charge in [-0.25, -0.2) is 0 Å². The molecule has 0 bridgehead atoms. The molecule has 0 unspecified atom stereocenters. The van der Waals surface area contributed by atoms with E-state index in [9.17, 15) is 18.0 Å². The molecule has 8 heteroatoms. The first-order valence-electron chi connectivity index (χ1n) is 15.8. The zero-order valence-corrected chi connectivity index (χ0v) is 28.6. The van der Waals surface area contributed by atoms with Crippen molar-refractivity contribution in [2.75, 3.05) is 6.54 Å². The first kappa shape index (κ1) is 32.3. The van der Waals surface area contributed by atoms with Crippen molar-refractivity contribution in [3.05, 3.63) is 117 Å². The Labute approximate surface area is 277 Å². The molecule has 46 heavy (non-hydrogen) atoms. The van der Waals surface area contributed by atoms with Crippen LogP contribution in [0.2, 0.25) is 5.02 Å². The first-order chi connectivity index (χ1) is 21.6. The Balaban J connectivity index is 1.45. The van der Waals surface area contributed by atoms with E-state index in [1.54, 1.807) is 24.3 Å². The molecule has 1 aliphatic heterocycles. The number of aryl methyl sites for hydroxylation is 1. The SMILES string of the molecule is Cc1ccc(S(=O)(=O)Oc2ccc(C3C4=C(CC(C)(C)CC4=O)N(CCc4ccccc4)C4=C3C(=O)CC(C)(C)C4)cc2Cl)cc1. The fourth-order valence-electron chi connectivity index (χ4n) is 7.17. The second-order valence-corrected chi connectivity index (χ2v) is 16.4. The van der Waals surface area contributed by atoms with Gasteiger partial charge < -0.3 is 9.08 Å². The summed E-state index contributed by atoms with van der Waals surface area (Å²) < 4.78 is 31.6. The van der Waals surface area contributed by atoms with E-state index >= 15 is 0 Å². The lowest BCUT2D eigenvalue weighted by Gasteiger charge is -2.49. The monoisotopic (exact) mass is 657 g/mol. The molecule has 3 aliphatic rings. The molecule has 0 spiro atoms. The molecule has 3 aromatic rings. The van der Waals surface area contributed by atoms with E-state index in [0.29, 0.717) is 48.9 Å². The topological polar surface area (TPSA) is 80.8 Å². The predicted octanol–water partition coefficient (Wildman–Crippen LogP) is 8.34. The summed E-state index contributed by atoms with van der Waals surface area (Å²) in [5, 5.41) is 0.0937. The molecule has 2 aliphatic carbocycles. The van der Waals surface area contributed by atoms with Crippen LogP contribution >= 0.6 is 11.6 Å². The van der Waals surface area contributed by atoms with E-state index in [1.807, 2.05) is 25.1 Å². The number of Topliss-reactive ketones (excluding diaryl/α,β-unsaturated/α-hetero) is 2. The number of allylic oxidation sites excluding steroid dienone is 4. The van der Waals surface area contributed by atoms with Gasteiger partial charge in [0.25, 0.3) is 0 Å². The molecular formula is C38H40ClNO5S.